The lowest BCUT2D eigenvalue weighted by atomic mass is 10.2. The summed E-state index contributed by atoms with van der Waals surface area (Å²) in [6.07, 6.45) is -0.561. The highest BCUT2D eigenvalue weighted by Gasteiger charge is 2.32. The van der Waals surface area contributed by atoms with Crippen LogP contribution in [0.15, 0.2) is 24.3 Å². The normalized spacial score (nSPS) is 18.0. The highest BCUT2D eigenvalue weighted by atomic mass is 16.5. The number of amides is 2. The Morgan fingerprint density at radius 2 is 2.17 bits per heavy atom. The van der Waals surface area contributed by atoms with Crippen LogP contribution in [0.2, 0.25) is 0 Å². The molecule has 0 spiro atoms. The SMILES string of the molecule is CCNC(=O)CN1C(=O)[C@H](C)Oc2ccccc21. The van der Waals surface area contributed by atoms with E-state index in [-0.39, 0.29) is 18.4 Å². The van der Waals surface area contributed by atoms with Gasteiger partial charge < -0.3 is 10.1 Å². The summed E-state index contributed by atoms with van der Waals surface area (Å²) in [5.41, 5.74) is 0.645. The van der Waals surface area contributed by atoms with Gasteiger partial charge in [0.2, 0.25) is 5.91 Å². The predicted octanol–water partition coefficient (Wildman–Crippen LogP) is 0.937. The van der Waals surface area contributed by atoms with E-state index in [4.69, 9.17) is 4.74 Å². The molecule has 1 heterocycles. The van der Waals surface area contributed by atoms with Crippen molar-refractivity contribution in [3.05, 3.63) is 24.3 Å². The van der Waals surface area contributed by atoms with Gasteiger partial charge in [0, 0.05) is 6.54 Å². The number of benzene rings is 1. The molecular formula is C13H16N2O3. The second kappa shape index (κ2) is 5.08. The molecular weight excluding hydrogens is 232 g/mol. The van der Waals surface area contributed by atoms with Gasteiger partial charge in [0.05, 0.1) is 5.69 Å². The van der Waals surface area contributed by atoms with Crippen LogP contribution in [0.3, 0.4) is 0 Å². The van der Waals surface area contributed by atoms with Gasteiger partial charge in [-0.3, -0.25) is 14.5 Å². The van der Waals surface area contributed by atoms with E-state index >= 15 is 0 Å². The van der Waals surface area contributed by atoms with Crippen LogP contribution in [0.25, 0.3) is 0 Å². The molecule has 1 aliphatic heterocycles. The second-order valence-electron chi connectivity index (χ2n) is 4.11. The molecule has 0 fully saturated rings. The fraction of sp³-hybridized carbons (Fsp3) is 0.385. The first-order valence-electron chi connectivity index (χ1n) is 5.97. The molecule has 0 radical (unpaired) electrons. The minimum absolute atomic E-state index is 0.0252. The van der Waals surface area contributed by atoms with Crippen LogP contribution in [0, 0.1) is 0 Å². The van der Waals surface area contributed by atoms with Crippen LogP contribution in [0.1, 0.15) is 13.8 Å². The van der Waals surface area contributed by atoms with Gasteiger partial charge in [0.25, 0.3) is 5.91 Å². The zero-order valence-electron chi connectivity index (χ0n) is 10.5. The summed E-state index contributed by atoms with van der Waals surface area (Å²) >= 11 is 0. The molecule has 1 aliphatic rings. The van der Waals surface area contributed by atoms with Crippen molar-refractivity contribution in [2.45, 2.75) is 20.0 Å². The molecule has 0 saturated heterocycles. The number of fused-ring (bicyclic) bond motifs is 1. The van der Waals surface area contributed by atoms with Crippen LogP contribution in [0.5, 0.6) is 5.75 Å². The fourth-order valence-electron chi connectivity index (χ4n) is 1.92. The van der Waals surface area contributed by atoms with Gasteiger partial charge in [-0.2, -0.15) is 0 Å². The largest absolute Gasteiger partial charge is 0.479 e. The molecule has 0 aromatic heterocycles. The van der Waals surface area contributed by atoms with Crippen LogP contribution >= 0.6 is 0 Å². The number of carbonyl (C=O) groups excluding carboxylic acids is 2. The van der Waals surface area contributed by atoms with Gasteiger partial charge in [-0.25, -0.2) is 0 Å². The van der Waals surface area contributed by atoms with Crippen LogP contribution in [-0.4, -0.2) is 31.0 Å². The zero-order chi connectivity index (χ0) is 13.1. The lowest BCUT2D eigenvalue weighted by molar-refractivity contribution is -0.128. The van der Waals surface area contributed by atoms with E-state index < -0.39 is 6.10 Å². The molecule has 0 bridgehead atoms. The Morgan fingerprint density at radius 3 is 2.89 bits per heavy atom. The molecule has 0 unspecified atom stereocenters. The molecule has 1 aromatic rings. The maximum atomic E-state index is 12.0. The molecule has 1 aromatic carbocycles. The number of ether oxygens (including phenoxy) is 1. The Balaban J connectivity index is 2.27. The van der Waals surface area contributed by atoms with Crippen molar-refractivity contribution in [1.29, 1.82) is 0 Å². The Bertz CT molecular complexity index is 473. The van der Waals surface area contributed by atoms with E-state index in [0.29, 0.717) is 18.0 Å². The summed E-state index contributed by atoms with van der Waals surface area (Å²) in [7, 11) is 0. The molecule has 5 heteroatoms. The van der Waals surface area contributed by atoms with E-state index in [1.807, 2.05) is 19.1 Å². The third-order valence-corrected chi connectivity index (χ3v) is 2.75. The van der Waals surface area contributed by atoms with Crippen molar-refractivity contribution in [2.75, 3.05) is 18.0 Å². The summed E-state index contributed by atoms with van der Waals surface area (Å²) in [4.78, 5) is 25.1. The monoisotopic (exact) mass is 248 g/mol. The number of rotatable bonds is 3. The first kappa shape index (κ1) is 12.4. The first-order chi connectivity index (χ1) is 8.63. The summed E-state index contributed by atoms with van der Waals surface area (Å²) in [5, 5.41) is 2.69. The van der Waals surface area contributed by atoms with Crippen molar-refractivity contribution >= 4 is 17.5 Å². The van der Waals surface area contributed by atoms with Crippen LogP contribution < -0.4 is 15.0 Å². The fourth-order valence-corrected chi connectivity index (χ4v) is 1.92. The van der Waals surface area contributed by atoms with E-state index in [1.54, 1.807) is 19.1 Å². The Kier molecular flexibility index (Phi) is 3.50. The van der Waals surface area contributed by atoms with Gasteiger partial charge >= 0.3 is 0 Å². The molecule has 0 aliphatic carbocycles. The smallest absolute Gasteiger partial charge is 0.268 e. The van der Waals surface area contributed by atoms with E-state index in [2.05, 4.69) is 5.32 Å². The molecule has 1 N–H and O–H groups in total. The standard InChI is InChI=1S/C13H16N2O3/c1-3-14-12(16)8-15-10-6-4-5-7-11(10)18-9(2)13(15)17/h4-7,9H,3,8H2,1-2H3,(H,14,16)/t9-/m0/s1. The van der Waals surface area contributed by atoms with Gasteiger partial charge in [-0.1, -0.05) is 12.1 Å². The molecule has 5 nitrogen and oxygen atoms in total. The number of nitrogens with zero attached hydrogens (tertiary/aromatic N) is 1. The van der Waals surface area contributed by atoms with Crippen molar-refractivity contribution in [2.24, 2.45) is 0 Å². The number of nitrogens with one attached hydrogen (secondary N) is 1. The molecule has 18 heavy (non-hydrogen) atoms. The van der Waals surface area contributed by atoms with Gasteiger partial charge in [0.15, 0.2) is 6.10 Å². The molecule has 2 rings (SSSR count). The number of anilines is 1. The minimum Gasteiger partial charge on any atom is -0.479 e. The zero-order valence-corrected chi connectivity index (χ0v) is 10.5. The topological polar surface area (TPSA) is 58.6 Å². The Hall–Kier alpha value is -2.04. The summed E-state index contributed by atoms with van der Waals surface area (Å²) in [6, 6.07) is 7.23. The average molecular weight is 248 g/mol. The van der Waals surface area contributed by atoms with Crippen molar-refractivity contribution in [3.8, 4) is 5.75 Å². The number of hydrogen-bond acceptors (Lipinski definition) is 3. The second-order valence-corrected chi connectivity index (χ2v) is 4.11. The number of carbonyl (C=O) groups is 2. The summed E-state index contributed by atoms with van der Waals surface area (Å²) in [5.74, 6) is 0.267. The van der Waals surface area contributed by atoms with Crippen LogP contribution in [-0.2, 0) is 9.59 Å². The maximum Gasteiger partial charge on any atom is 0.268 e. The quantitative estimate of drug-likeness (QED) is 0.866. The first-order valence-corrected chi connectivity index (χ1v) is 5.97. The van der Waals surface area contributed by atoms with Crippen LogP contribution in [0.4, 0.5) is 5.69 Å². The molecule has 0 saturated carbocycles. The number of hydrogen-bond donors (Lipinski definition) is 1. The van der Waals surface area contributed by atoms with Gasteiger partial charge in [-0.15, -0.1) is 0 Å². The van der Waals surface area contributed by atoms with E-state index in [1.165, 1.54) is 4.90 Å². The van der Waals surface area contributed by atoms with E-state index in [0.717, 1.165) is 0 Å². The Morgan fingerprint density at radius 1 is 1.44 bits per heavy atom. The third-order valence-electron chi connectivity index (χ3n) is 2.75. The highest BCUT2D eigenvalue weighted by Crippen LogP contribution is 2.33. The average Bonchev–Trinajstić information content (AvgIpc) is 2.35. The predicted molar refractivity (Wildman–Crippen MR) is 67.6 cm³/mol. The minimum atomic E-state index is -0.561. The highest BCUT2D eigenvalue weighted by molar-refractivity contribution is 6.03. The van der Waals surface area contributed by atoms with Crippen molar-refractivity contribution in [3.63, 3.8) is 0 Å². The Labute approximate surface area is 106 Å². The van der Waals surface area contributed by atoms with Crippen molar-refractivity contribution in [1.82, 2.24) is 5.32 Å². The summed E-state index contributed by atoms with van der Waals surface area (Å²) in [6.45, 7) is 4.10. The molecule has 96 valence electrons. The van der Waals surface area contributed by atoms with E-state index in [9.17, 15) is 9.59 Å². The van der Waals surface area contributed by atoms with Gasteiger partial charge in [0.1, 0.15) is 12.3 Å². The molecule has 2 amide bonds. The van der Waals surface area contributed by atoms with Gasteiger partial charge in [-0.05, 0) is 26.0 Å². The lowest BCUT2D eigenvalue weighted by Crippen LogP contribution is -2.48. The van der Waals surface area contributed by atoms with Crippen molar-refractivity contribution < 1.29 is 14.3 Å². The number of likely N-dealkylation sites (N-methyl/N-ethyl adjacent to an activating group) is 1. The number of para-hydroxylation sites is 2. The lowest BCUT2D eigenvalue weighted by Gasteiger charge is -2.32. The third kappa shape index (κ3) is 2.30. The molecule has 1 atom stereocenters. The maximum absolute atomic E-state index is 12.0. The summed E-state index contributed by atoms with van der Waals surface area (Å²) < 4.78 is 5.49.